The molecule has 94 valence electrons. The van der Waals surface area contributed by atoms with Gasteiger partial charge in [0, 0.05) is 0 Å². The van der Waals surface area contributed by atoms with Crippen LogP contribution in [0.15, 0.2) is 0 Å². The Morgan fingerprint density at radius 1 is 1.38 bits per heavy atom. The summed E-state index contributed by atoms with van der Waals surface area (Å²) >= 11 is 0. The lowest BCUT2D eigenvalue weighted by molar-refractivity contribution is -0.147. The van der Waals surface area contributed by atoms with E-state index in [9.17, 15) is 9.59 Å². The molecule has 0 saturated carbocycles. The fourth-order valence-corrected chi connectivity index (χ4v) is 1.50. The predicted molar refractivity (Wildman–Crippen MR) is 60.2 cm³/mol. The van der Waals surface area contributed by atoms with E-state index in [1.807, 2.05) is 0 Å². The lowest BCUT2D eigenvalue weighted by atomic mass is 10.1. The van der Waals surface area contributed by atoms with E-state index < -0.39 is 18.0 Å². The summed E-state index contributed by atoms with van der Waals surface area (Å²) in [6.07, 6.45) is 3.48. The van der Waals surface area contributed by atoms with E-state index in [-0.39, 0.29) is 6.54 Å². The number of nitrogens with zero attached hydrogens (tertiary/aromatic N) is 1. The molecule has 0 radical (unpaired) electrons. The Kier molecular flexibility index (Phi) is 7.54. The summed E-state index contributed by atoms with van der Waals surface area (Å²) in [5.74, 6) is -1.30. The molecule has 0 aromatic carbocycles. The van der Waals surface area contributed by atoms with Crippen LogP contribution in [-0.2, 0) is 14.3 Å². The monoisotopic (exact) mass is 231 g/mol. The first-order valence-corrected chi connectivity index (χ1v) is 5.52. The number of esters is 1. The smallest absolute Gasteiger partial charge is 0.320 e. The second kappa shape index (κ2) is 8.10. The van der Waals surface area contributed by atoms with Crippen LogP contribution in [0.3, 0.4) is 0 Å². The van der Waals surface area contributed by atoms with E-state index >= 15 is 0 Å². The minimum absolute atomic E-state index is 0.0135. The van der Waals surface area contributed by atoms with E-state index in [1.54, 1.807) is 7.05 Å². The van der Waals surface area contributed by atoms with Crippen LogP contribution in [0.5, 0.6) is 0 Å². The summed E-state index contributed by atoms with van der Waals surface area (Å²) in [5.41, 5.74) is 0. The average molecular weight is 231 g/mol. The lowest BCUT2D eigenvalue weighted by Crippen LogP contribution is -2.41. The number of carboxylic acids is 1. The van der Waals surface area contributed by atoms with Crippen LogP contribution in [0, 0.1) is 0 Å². The number of likely N-dealkylation sites (N-methyl/N-ethyl adjacent to an activating group) is 1. The van der Waals surface area contributed by atoms with Gasteiger partial charge in [-0.15, -0.1) is 0 Å². The molecule has 0 amide bonds. The Bertz CT molecular complexity index is 230. The van der Waals surface area contributed by atoms with Crippen molar-refractivity contribution < 1.29 is 19.4 Å². The minimum Gasteiger partial charge on any atom is -0.480 e. The summed E-state index contributed by atoms with van der Waals surface area (Å²) in [5, 5.41) is 9.03. The molecule has 0 aliphatic rings. The fourth-order valence-electron chi connectivity index (χ4n) is 1.50. The van der Waals surface area contributed by atoms with Gasteiger partial charge in [-0.1, -0.05) is 26.2 Å². The van der Waals surface area contributed by atoms with Gasteiger partial charge in [-0.2, -0.15) is 0 Å². The van der Waals surface area contributed by atoms with E-state index in [0.717, 1.165) is 19.3 Å². The third kappa shape index (κ3) is 5.70. The Morgan fingerprint density at radius 3 is 2.44 bits per heavy atom. The topological polar surface area (TPSA) is 66.8 Å². The second-order valence-electron chi connectivity index (χ2n) is 3.84. The molecule has 0 heterocycles. The molecule has 1 N–H and O–H groups in total. The van der Waals surface area contributed by atoms with E-state index in [0.29, 0.717) is 6.42 Å². The molecule has 1 atom stereocenters. The van der Waals surface area contributed by atoms with Gasteiger partial charge in [-0.05, 0) is 13.5 Å². The number of carboxylic acid groups (broad SMARTS) is 1. The van der Waals surface area contributed by atoms with Crippen molar-refractivity contribution in [2.45, 2.75) is 38.6 Å². The number of rotatable bonds is 8. The van der Waals surface area contributed by atoms with Crippen molar-refractivity contribution >= 4 is 11.9 Å². The molecule has 0 bridgehead atoms. The molecule has 0 fully saturated rings. The van der Waals surface area contributed by atoms with Crippen LogP contribution in [0.25, 0.3) is 0 Å². The van der Waals surface area contributed by atoms with Crippen molar-refractivity contribution in [3.63, 3.8) is 0 Å². The number of hydrogen-bond donors (Lipinski definition) is 1. The van der Waals surface area contributed by atoms with Gasteiger partial charge in [0.05, 0.1) is 13.7 Å². The van der Waals surface area contributed by atoms with Crippen molar-refractivity contribution in [1.82, 2.24) is 4.90 Å². The molecule has 0 aromatic rings. The number of aliphatic carboxylic acids is 1. The lowest BCUT2D eigenvalue weighted by Gasteiger charge is -2.23. The highest BCUT2D eigenvalue weighted by Gasteiger charge is 2.23. The number of hydrogen-bond acceptors (Lipinski definition) is 4. The van der Waals surface area contributed by atoms with Crippen LogP contribution in [0.4, 0.5) is 0 Å². The molecule has 0 aliphatic carbocycles. The van der Waals surface area contributed by atoms with Crippen LogP contribution in [-0.4, -0.2) is 48.7 Å². The van der Waals surface area contributed by atoms with E-state index in [1.165, 1.54) is 12.0 Å². The number of carbonyl (C=O) groups is 2. The van der Waals surface area contributed by atoms with Crippen LogP contribution in [0.2, 0.25) is 0 Å². The molecule has 5 heteroatoms. The SMILES string of the molecule is CCCCCC(C(=O)O)N(C)CC(=O)OC. The standard InChI is InChI=1S/C11H21NO4/c1-4-5-6-7-9(11(14)15)12(2)8-10(13)16-3/h9H,4-8H2,1-3H3,(H,14,15). The van der Waals surface area contributed by atoms with Gasteiger partial charge in [0.25, 0.3) is 0 Å². The summed E-state index contributed by atoms with van der Waals surface area (Å²) < 4.78 is 4.50. The highest BCUT2D eigenvalue weighted by atomic mass is 16.5. The van der Waals surface area contributed by atoms with Crippen LogP contribution in [0.1, 0.15) is 32.6 Å². The number of unbranched alkanes of at least 4 members (excludes halogenated alkanes) is 2. The quantitative estimate of drug-likeness (QED) is 0.501. The van der Waals surface area contributed by atoms with Crippen molar-refractivity contribution in [2.24, 2.45) is 0 Å². The molecule has 0 rings (SSSR count). The molecule has 0 saturated heterocycles. The molecular weight excluding hydrogens is 210 g/mol. The molecular formula is C11H21NO4. The first-order valence-electron chi connectivity index (χ1n) is 5.52. The first-order chi connectivity index (χ1) is 7.52. The molecule has 0 spiro atoms. The summed E-state index contributed by atoms with van der Waals surface area (Å²) in [7, 11) is 2.92. The zero-order chi connectivity index (χ0) is 12.6. The number of carbonyl (C=O) groups excluding carboxylic acids is 1. The number of methoxy groups -OCH3 is 1. The molecule has 5 nitrogen and oxygen atoms in total. The summed E-state index contributed by atoms with van der Waals surface area (Å²) in [6, 6.07) is -0.606. The zero-order valence-corrected chi connectivity index (χ0v) is 10.2. The van der Waals surface area contributed by atoms with Crippen molar-refractivity contribution in [1.29, 1.82) is 0 Å². The van der Waals surface area contributed by atoms with Gasteiger partial charge in [0.15, 0.2) is 0 Å². The highest BCUT2D eigenvalue weighted by molar-refractivity contribution is 5.76. The van der Waals surface area contributed by atoms with Crippen molar-refractivity contribution in [3.8, 4) is 0 Å². The Balaban J connectivity index is 4.18. The van der Waals surface area contributed by atoms with Crippen molar-refractivity contribution in [3.05, 3.63) is 0 Å². The molecule has 0 aliphatic heterocycles. The van der Waals surface area contributed by atoms with Gasteiger partial charge < -0.3 is 9.84 Å². The largest absolute Gasteiger partial charge is 0.480 e. The predicted octanol–water partition coefficient (Wildman–Crippen LogP) is 1.12. The highest BCUT2D eigenvalue weighted by Crippen LogP contribution is 2.09. The van der Waals surface area contributed by atoms with E-state index in [2.05, 4.69) is 11.7 Å². The maximum Gasteiger partial charge on any atom is 0.320 e. The van der Waals surface area contributed by atoms with Gasteiger partial charge >= 0.3 is 11.9 Å². The first kappa shape index (κ1) is 14.9. The zero-order valence-electron chi connectivity index (χ0n) is 10.2. The van der Waals surface area contributed by atoms with Crippen LogP contribution >= 0.6 is 0 Å². The maximum absolute atomic E-state index is 11.0. The number of ether oxygens (including phenoxy) is 1. The molecule has 16 heavy (non-hydrogen) atoms. The van der Waals surface area contributed by atoms with Crippen molar-refractivity contribution in [2.75, 3.05) is 20.7 Å². The fraction of sp³-hybridized carbons (Fsp3) is 0.818. The summed E-state index contributed by atoms with van der Waals surface area (Å²) in [6.45, 7) is 2.08. The van der Waals surface area contributed by atoms with Gasteiger partial charge in [-0.3, -0.25) is 14.5 Å². The van der Waals surface area contributed by atoms with Gasteiger partial charge in [-0.25, -0.2) is 0 Å². The Morgan fingerprint density at radius 2 is 2.00 bits per heavy atom. The van der Waals surface area contributed by atoms with Gasteiger partial charge in [0.2, 0.25) is 0 Å². The summed E-state index contributed by atoms with van der Waals surface area (Å²) in [4.78, 5) is 23.6. The normalized spacial score (nSPS) is 12.5. The average Bonchev–Trinajstić information content (AvgIpc) is 2.23. The van der Waals surface area contributed by atoms with Gasteiger partial charge in [0.1, 0.15) is 6.04 Å². The van der Waals surface area contributed by atoms with E-state index in [4.69, 9.17) is 5.11 Å². The third-order valence-electron chi connectivity index (χ3n) is 2.50. The molecule has 1 unspecified atom stereocenters. The Labute approximate surface area is 96.4 Å². The molecule has 0 aromatic heterocycles. The maximum atomic E-state index is 11.0. The Hall–Kier alpha value is -1.10. The van der Waals surface area contributed by atoms with Crippen LogP contribution < -0.4 is 0 Å². The second-order valence-corrected chi connectivity index (χ2v) is 3.84. The third-order valence-corrected chi connectivity index (χ3v) is 2.50. The minimum atomic E-state index is -0.887.